The second-order valence-corrected chi connectivity index (χ2v) is 10.2. The lowest BCUT2D eigenvalue weighted by molar-refractivity contribution is -0.0512. The Morgan fingerprint density at radius 1 is 1.11 bits per heavy atom. The Hall–Kier alpha value is -3.31. The van der Waals surface area contributed by atoms with Crippen LogP contribution in [0.25, 0.3) is 0 Å². The molecule has 10 nitrogen and oxygen atoms in total. The molecule has 1 atom stereocenters. The summed E-state index contributed by atoms with van der Waals surface area (Å²) in [6, 6.07) is 4.40. The van der Waals surface area contributed by atoms with Gasteiger partial charge >= 0.3 is 18.8 Å². The topological polar surface area (TPSA) is 108 Å². The largest absolute Gasteiger partial charge is 0.493 e. The predicted octanol–water partition coefficient (Wildman–Crippen LogP) is 4.56. The Bertz CT molecular complexity index is 943. The van der Waals surface area contributed by atoms with Gasteiger partial charge in [-0.1, -0.05) is 11.2 Å². The zero-order valence-corrected chi connectivity index (χ0v) is 21.7. The molecule has 0 aromatic heterocycles. The Labute approximate surface area is 209 Å². The van der Waals surface area contributed by atoms with Crippen molar-refractivity contribution in [1.29, 1.82) is 0 Å². The standard InChI is InChI=1S/C24H35F2N3O7/c1-23(2,3)35-21(30)27-11-16-12-29(22(31)36-24(4,5)6)13-17(16)28-33-14-15-8-9-18(34-20(25)26)19(10-15)32-7/h8-10,16,20H,11-14H2,1-7H3,(H,27,30)/b28-17+. The van der Waals surface area contributed by atoms with Crippen LogP contribution in [0.1, 0.15) is 47.1 Å². The number of benzene rings is 1. The van der Waals surface area contributed by atoms with Crippen molar-refractivity contribution in [2.75, 3.05) is 26.7 Å². The minimum absolute atomic E-state index is 0.00741. The normalized spacial score (nSPS) is 17.2. The zero-order chi connectivity index (χ0) is 27.1. The molecule has 202 valence electrons. The molecule has 1 saturated heterocycles. The SMILES string of the molecule is COc1cc(CO/N=C2\CN(C(=O)OC(C)(C)C)CC2CNC(=O)OC(C)(C)C)ccc1OC(F)F. The van der Waals surface area contributed by atoms with Gasteiger partial charge in [0.2, 0.25) is 0 Å². The molecule has 1 aliphatic rings. The smallest absolute Gasteiger partial charge is 0.410 e. The number of halogens is 2. The van der Waals surface area contributed by atoms with E-state index in [2.05, 4.69) is 15.2 Å². The number of amides is 2. The van der Waals surface area contributed by atoms with Gasteiger partial charge in [0.1, 0.15) is 17.8 Å². The fourth-order valence-corrected chi connectivity index (χ4v) is 3.22. The van der Waals surface area contributed by atoms with Gasteiger partial charge in [-0.3, -0.25) is 0 Å². The average molecular weight is 516 g/mol. The first-order chi connectivity index (χ1) is 16.7. The predicted molar refractivity (Wildman–Crippen MR) is 127 cm³/mol. The second-order valence-electron chi connectivity index (χ2n) is 10.2. The highest BCUT2D eigenvalue weighted by atomic mass is 19.3. The number of rotatable bonds is 8. The summed E-state index contributed by atoms with van der Waals surface area (Å²) in [5.41, 5.74) is -0.194. The van der Waals surface area contributed by atoms with Crippen LogP contribution in [0.2, 0.25) is 0 Å². The Morgan fingerprint density at radius 2 is 1.78 bits per heavy atom. The number of oxime groups is 1. The van der Waals surface area contributed by atoms with Crippen molar-refractivity contribution in [3.63, 3.8) is 0 Å². The number of methoxy groups -OCH3 is 1. The van der Waals surface area contributed by atoms with Crippen LogP contribution in [0, 0.1) is 5.92 Å². The maximum Gasteiger partial charge on any atom is 0.410 e. The van der Waals surface area contributed by atoms with E-state index in [1.807, 2.05) is 0 Å². The third-order valence-corrected chi connectivity index (χ3v) is 4.67. The first-order valence-corrected chi connectivity index (χ1v) is 11.4. The summed E-state index contributed by atoms with van der Waals surface area (Å²) in [4.78, 5) is 31.6. The minimum atomic E-state index is -2.98. The van der Waals surface area contributed by atoms with Gasteiger partial charge in [-0.15, -0.1) is 0 Å². The first-order valence-electron chi connectivity index (χ1n) is 11.4. The maximum absolute atomic E-state index is 12.6. The molecule has 2 amide bonds. The molecule has 12 heteroatoms. The second kappa shape index (κ2) is 12.1. The zero-order valence-electron chi connectivity index (χ0n) is 21.7. The number of carbonyl (C=O) groups excluding carboxylic acids is 2. The van der Waals surface area contributed by atoms with Gasteiger partial charge in [0.25, 0.3) is 0 Å². The Balaban J connectivity index is 2.09. The molecular formula is C24H35F2N3O7. The van der Waals surface area contributed by atoms with E-state index in [-0.39, 0.29) is 43.7 Å². The molecule has 1 fully saturated rings. The van der Waals surface area contributed by atoms with E-state index in [9.17, 15) is 18.4 Å². The molecule has 1 aromatic rings. The number of nitrogens with zero attached hydrogens (tertiary/aromatic N) is 2. The van der Waals surface area contributed by atoms with E-state index in [0.29, 0.717) is 11.3 Å². The number of alkyl halides is 2. The molecule has 2 rings (SSSR count). The molecule has 0 radical (unpaired) electrons. The number of likely N-dealkylation sites (tertiary alicyclic amines) is 1. The Morgan fingerprint density at radius 3 is 2.36 bits per heavy atom. The van der Waals surface area contributed by atoms with Crippen molar-refractivity contribution in [1.82, 2.24) is 10.2 Å². The maximum atomic E-state index is 12.6. The summed E-state index contributed by atoms with van der Waals surface area (Å²) in [5, 5.41) is 6.89. The minimum Gasteiger partial charge on any atom is -0.493 e. The van der Waals surface area contributed by atoms with Crippen molar-refractivity contribution in [2.24, 2.45) is 11.1 Å². The number of alkyl carbamates (subject to hydrolysis) is 1. The molecule has 1 unspecified atom stereocenters. The highest BCUT2D eigenvalue weighted by Gasteiger charge is 2.35. The van der Waals surface area contributed by atoms with E-state index < -0.39 is 30.0 Å². The molecule has 1 heterocycles. The number of ether oxygens (including phenoxy) is 4. The van der Waals surface area contributed by atoms with Crippen molar-refractivity contribution < 1.29 is 42.2 Å². The van der Waals surface area contributed by atoms with Crippen LogP contribution in [0.5, 0.6) is 11.5 Å². The number of nitrogens with one attached hydrogen (secondary N) is 1. The molecule has 36 heavy (non-hydrogen) atoms. The summed E-state index contributed by atoms with van der Waals surface area (Å²) in [7, 11) is 1.34. The third-order valence-electron chi connectivity index (χ3n) is 4.67. The average Bonchev–Trinajstić information content (AvgIpc) is 3.13. The van der Waals surface area contributed by atoms with E-state index in [4.69, 9.17) is 19.0 Å². The molecule has 0 saturated carbocycles. The summed E-state index contributed by atoms with van der Waals surface area (Å²) in [6.07, 6.45) is -1.09. The molecule has 0 bridgehead atoms. The van der Waals surface area contributed by atoms with Crippen molar-refractivity contribution in [2.45, 2.75) is 66.0 Å². The van der Waals surface area contributed by atoms with E-state index in [1.54, 1.807) is 47.6 Å². The van der Waals surface area contributed by atoms with Gasteiger partial charge < -0.3 is 34.0 Å². The van der Waals surface area contributed by atoms with Crippen molar-refractivity contribution in [3.05, 3.63) is 23.8 Å². The lowest BCUT2D eigenvalue weighted by atomic mass is 10.1. The molecule has 1 aromatic carbocycles. The monoisotopic (exact) mass is 515 g/mol. The fourth-order valence-electron chi connectivity index (χ4n) is 3.22. The summed E-state index contributed by atoms with van der Waals surface area (Å²) in [6.45, 7) is 8.20. The van der Waals surface area contributed by atoms with E-state index in [0.717, 1.165) is 0 Å². The molecular weight excluding hydrogens is 480 g/mol. The van der Waals surface area contributed by atoms with Crippen molar-refractivity contribution >= 4 is 17.9 Å². The van der Waals surface area contributed by atoms with Crippen molar-refractivity contribution in [3.8, 4) is 11.5 Å². The summed E-state index contributed by atoms with van der Waals surface area (Å²) in [5.74, 6) is -0.304. The van der Waals surface area contributed by atoms with E-state index in [1.165, 1.54) is 24.1 Å². The molecule has 1 N–H and O–H groups in total. The van der Waals surface area contributed by atoms with Crippen LogP contribution >= 0.6 is 0 Å². The number of hydrogen-bond donors (Lipinski definition) is 1. The van der Waals surface area contributed by atoms with Crippen LogP contribution in [0.4, 0.5) is 18.4 Å². The van der Waals surface area contributed by atoms with Crippen LogP contribution in [0.3, 0.4) is 0 Å². The van der Waals surface area contributed by atoms with Gasteiger partial charge in [-0.05, 0) is 59.2 Å². The van der Waals surface area contributed by atoms with Crippen LogP contribution in [-0.2, 0) is 20.9 Å². The third kappa shape index (κ3) is 9.74. The summed E-state index contributed by atoms with van der Waals surface area (Å²) < 4.78 is 45.3. The lowest BCUT2D eigenvalue weighted by Crippen LogP contribution is -2.38. The van der Waals surface area contributed by atoms with Gasteiger partial charge in [-0.25, -0.2) is 9.59 Å². The fraction of sp³-hybridized carbons (Fsp3) is 0.625. The number of hydrogen-bond acceptors (Lipinski definition) is 8. The van der Waals surface area contributed by atoms with Gasteiger partial charge in [-0.2, -0.15) is 8.78 Å². The molecule has 0 spiro atoms. The van der Waals surface area contributed by atoms with Crippen LogP contribution < -0.4 is 14.8 Å². The van der Waals surface area contributed by atoms with Gasteiger partial charge in [0.15, 0.2) is 11.5 Å². The van der Waals surface area contributed by atoms with Crippen LogP contribution in [-0.4, -0.2) is 67.4 Å². The van der Waals surface area contributed by atoms with E-state index >= 15 is 0 Å². The number of carbonyl (C=O) groups is 2. The highest BCUT2D eigenvalue weighted by Crippen LogP contribution is 2.29. The quantitative estimate of drug-likeness (QED) is 0.506. The van der Waals surface area contributed by atoms with Crippen LogP contribution in [0.15, 0.2) is 23.4 Å². The Kier molecular flexibility index (Phi) is 9.71. The highest BCUT2D eigenvalue weighted by molar-refractivity contribution is 5.94. The summed E-state index contributed by atoms with van der Waals surface area (Å²) >= 11 is 0. The molecule has 1 aliphatic heterocycles. The van der Waals surface area contributed by atoms with Gasteiger partial charge in [0, 0.05) is 19.0 Å². The molecule has 0 aliphatic carbocycles. The van der Waals surface area contributed by atoms with Gasteiger partial charge in [0.05, 0.1) is 19.4 Å². The first kappa shape index (κ1) is 28.9. The lowest BCUT2D eigenvalue weighted by Gasteiger charge is -2.24.